The Balaban J connectivity index is 0.00000289. The summed E-state index contributed by atoms with van der Waals surface area (Å²) in [6, 6.07) is 9.63. The van der Waals surface area contributed by atoms with Gasteiger partial charge in [0, 0.05) is 19.0 Å². The Morgan fingerprint density at radius 1 is 1.39 bits per heavy atom. The van der Waals surface area contributed by atoms with Crippen molar-refractivity contribution < 1.29 is 9.53 Å². The van der Waals surface area contributed by atoms with Gasteiger partial charge in [-0.3, -0.25) is 4.79 Å². The van der Waals surface area contributed by atoms with Gasteiger partial charge in [0.1, 0.15) is 5.75 Å². The van der Waals surface area contributed by atoms with E-state index in [0.29, 0.717) is 19.7 Å². The van der Waals surface area contributed by atoms with E-state index in [1.54, 1.807) is 0 Å². The minimum absolute atomic E-state index is 0. The first kappa shape index (κ1) is 16.7. The second-order valence-electron chi connectivity index (χ2n) is 3.94. The van der Waals surface area contributed by atoms with Crippen LogP contribution in [0, 0.1) is 5.92 Å². The summed E-state index contributed by atoms with van der Waals surface area (Å²) in [7, 11) is 0. The lowest BCUT2D eigenvalue weighted by Gasteiger charge is -2.10. The first-order valence-electron chi connectivity index (χ1n) is 5.89. The summed E-state index contributed by atoms with van der Waals surface area (Å²) in [6.07, 6.45) is 0.790. The molecule has 4 nitrogen and oxygen atoms in total. The average molecular weight is 273 g/mol. The molecule has 1 aromatic rings. The molecule has 1 aromatic carbocycles. The molecule has 0 aliphatic heterocycles. The molecular weight excluding hydrogens is 252 g/mol. The van der Waals surface area contributed by atoms with Crippen LogP contribution in [0.1, 0.15) is 13.3 Å². The summed E-state index contributed by atoms with van der Waals surface area (Å²) in [4.78, 5) is 11.4. The summed E-state index contributed by atoms with van der Waals surface area (Å²) in [5.41, 5.74) is 5.39. The van der Waals surface area contributed by atoms with Crippen molar-refractivity contribution in [2.24, 2.45) is 11.7 Å². The fraction of sp³-hybridized carbons (Fsp3) is 0.462. The number of nitrogens with one attached hydrogen (secondary N) is 1. The maximum atomic E-state index is 11.4. The normalized spacial score (nSPS) is 11.2. The minimum Gasteiger partial charge on any atom is -0.494 e. The van der Waals surface area contributed by atoms with Crippen molar-refractivity contribution in [1.29, 1.82) is 0 Å². The van der Waals surface area contributed by atoms with Crippen molar-refractivity contribution in [2.45, 2.75) is 13.3 Å². The zero-order valence-corrected chi connectivity index (χ0v) is 11.4. The first-order chi connectivity index (χ1) is 8.24. The number of ether oxygens (including phenoxy) is 1. The van der Waals surface area contributed by atoms with Gasteiger partial charge in [-0.1, -0.05) is 25.1 Å². The van der Waals surface area contributed by atoms with Crippen LogP contribution in [0.3, 0.4) is 0 Å². The summed E-state index contributed by atoms with van der Waals surface area (Å²) in [6.45, 7) is 3.42. The highest BCUT2D eigenvalue weighted by atomic mass is 35.5. The van der Waals surface area contributed by atoms with Crippen molar-refractivity contribution in [3.8, 4) is 5.75 Å². The number of halogens is 1. The van der Waals surface area contributed by atoms with Gasteiger partial charge >= 0.3 is 0 Å². The van der Waals surface area contributed by atoms with Crippen LogP contribution in [-0.2, 0) is 4.79 Å². The van der Waals surface area contributed by atoms with Crippen LogP contribution < -0.4 is 15.8 Å². The number of hydrogen-bond donors (Lipinski definition) is 2. The van der Waals surface area contributed by atoms with Crippen LogP contribution in [0.25, 0.3) is 0 Å². The van der Waals surface area contributed by atoms with Gasteiger partial charge in [-0.2, -0.15) is 0 Å². The third-order valence-corrected chi connectivity index (χ3v) is 2.43. The molecule has 5 heteroatoms. The minimum atomic E-state index is -0.120. The van der Waals surface area contributed by atoms with E-state index >= 15 is 0 Å². The lowest BCUT2D eigenvalue weighted by molar-refractivity contribution is -0.124. The van der Waals surface area contributed by atoms with Crippen LogP contribution in [0.15, 0.2) is 30.3 Å². The quantitative estimate of drug-likeness (QED) is 0.741. The summed E-state index contributed by atoms with van der Waals surface area (Å²) >= 11 is 0. The number of para-hydroxylation sites is 1. The number of carbonyl (C=O) groups excluding carboxylic acids is 1. The molecule has 0 aliphatic carbocycles. The number of carbonyl (C=O) groups is 1. The van der Waals surface area contributed by atoms with Gasteiger partial charge in [-0.25, -0.2) is 0 Å². The lowest BCUT2D eigenvalue weighted by atomic mass is 10.2. The monoisotopic (exact) mass is 272 g/mol. The molecule has 0 spiro atoms. The molecule has 0 aromatic heterocycles. The van der Waals surface area contributed by atoms with E-state index < -0.39 is 0 Å². The van der Waals surface area contributed by atoms with Gasteiger partial charge in [0.05, 0.1) is 6.61 Å². The number of nitrogens with two attached hydrogens (primary N) is 1. The number of hydrogen-bond acceptors (Lipinski definition) is 3. The Morgan fingerprint density at radius 2 is 2.06 bits per heavy atom. The molecule has 1 amide bonds. The summed E-state index contributed by atoms with van der Waals surface area (Å²) in [5, 5.41) is 2.82. The second-order valence-corrected chi connectivity index (χ2v) is 3.94. The van der Waals surface area contributed by atoms with Crippen LogP contribution in [0.5, 0.6) is 5.75 Å². The topological polar surface area (TPSA) is 64.4 Å². The molecule has 0 aliphatic rings. The zero-order valence-electron chi connectivity index (χ0n) is 10.6. The van der Waals surface area contributed by atoms with E-state index in [2.05, 4.69) is 5.32 Å². The molecule has 0 fully saturated rings. The molecule has 18 heavy (non-hydrogen) atoms. The summed E-state index contributed by atoms with van der Waals surface area (Å²) in [5.74, 6) is 0.742. The first-order valence-corrected chi connectivity index (χ1v) is 5.89. The van der Waals surface area contributed by atoms with Crippen LogP contribution in [-0.4, -0.2) is 25.6 Å². The average Bonchev–Trinajstić information content (AvgIpc) is 2.38. The van der Waals surface area contributed by atoms with Crippen LogP contribution in [0.4, 0.5) is 0 Å². The second kappa shape index (κ2) is 9.74. The Bertz CT molecular complexity index is 333. The highest BCUT2D eigenvalue weighted by Crippen LogP contribution is 2.07. The van der Waals surface area contributed by atoms with Gasteiger partial charge in [0.25, 0.3) is 0 Å². The molecule has 0 saturated heterocycles. The van der Waals surface area contributed by atoms with Crippen LogP contribution in [0.2, 0.25) is 0 Å². The van der Waals surface area contributed by atoms with Crippen molar-refractivity contribution in [3.63, 3.8) is 0 Å². The standard InChI is InChI=1S/C13H20N2O2.ClH/c1-11(10-14)13(16)15-8-5-9-17-12-6-3-2-4-7-12;/h2-4,6-7,11H,5,8-10,14H2,1H3,(H,15,16);1H. The van der Waals surface area contributed by atoms with Crippen molar-refractivity contribution >= 4 is 18.3 Å². The molecule has 1 rings (SSSR count). The van der Waals surface area contributed by atoms with E-state index in [1.165, 1.54) is 0 Å². The van der Waals surface area contributed by atoms with Gasteiger partial charge in [0.2, 0.25) is 5.91 Å². The van der Waals surface area contributed by atoms with Crippen molar-refractivity contribution in [3.05, 3.63) is 30.3 Å². The molecule has 0 radical (unpaired) electrons. The molecule has 102 valence electrons. The van der Waals surface area contributed by atoms with E-state index in [0.717, 1.165) is 12.2 Å². The molecule has 0 saturated carbocycles. The predicted molar refractivity (Wildman–Crippen MR) is 75.0 cm³/mol. The molecule has 1 atom stereocenters. The highest BCUT2D eigenvalue weighted by molar-refractivity contribution is 5.85. The third-order valence-electron chi connectivity index (χ3n) is 2.43. The molecular formula is C13H21ClN2O2. The fourth-order valence-electron chi connectivity index (χ4n) is 1.27. The number of rotatable bonds is 7. The lowest BCUT2D eigenvalue weighted by Crippen LogP contribution is -2.34. The molecule has 1 unspecified atom stereocenters. The number of benzene rings is 1. The van der Waals surface area contributed by atoms with Gasteiger partial charge in [-0.15, -0.1) is 12.4 Å². The van der Waals surface area contributed by atoms with E-state index in [4.69, 9.17) is 10.5 Å². The van der Waals surface area contributed by atoms with E-state index in [9.17, 15) is 4.79 Å². The van der Waals surface area contributed by atoms with Gasteiger partial charge < -0.3 is 15.8 Å². The molecule has 0 bridgehead atoms. The highest BCUT2D eigenvalue weighted by Gasteiger charge is 2.08. The van der Waals surface area contributed by atoms with Gasteiger partial charge in [-0.05, 0) is 18.6 Å². The van der Waals surface area contributed by atoms with Crippen LogP contribution >= 0.6 is 12.4 Å². The third kappa shape index (κ3) is 6.47. The number of amides is 1. The Kier molecular flexibility index (Phi) is 9.06. The zero-order chi connectivity index (χ0) is 12.5. The van der Waals surface area contributed by atoms with E-state index in [-0.39, 0.29) is 24.2 Å². The smallest absolute Gasteiger partial charge is 0.224 e. The predicted octanol–water partition coefficient (Wildman–Crippen LogP) is 1.59. The van der Waals surface area contributed by atoms with Crippen molar-refractivity contribution in [2.75, 3.05) is 19.7 Å². The maximum Gasteiger partial charge on any atom is 0.224 e. The molecule has 3 N–H and O–H groups in total. The molecule has 0 heterocycles. The Labute approximate surface area is 114 Å². The maximum absolute atomic E-state index is 11.4. The summed E-state index contributed by atoms with van der Waals surface area (Å²) < 4.78 is 5.50. The van der Waals surface area contributed by atoms with Crippen molar-refractivity contribution in [1.82, 2.24) is 5.32 Å². The van der Waals surface area contributed by atoms with Gasteiger partial charge in [0.15, 0.2) is 0 Å². The van der Waals surface area contributed by atoms with E-state index in [1.807, 2.05) is 37.3 Å². The largest absolute Gasteiger partial charge is 0.494 e. The Hall–Kier alpha value is -1.26. The Morgan fingerprint density at radius 3 is 2.67 bits per heavy atom. The fourth-order valence-corrected chi connectivity index (χ4v) is 1.27. The SMILES string of the molecule is CC(CN)C(=O)NCCCOc1ccccc1.Cl.